The molecule has 0 aliphatic rings. The van der Waals surface area contributed by atoms with Crippen LogP contribution in [-0.4, -0.2) is 26.5 Å². The number of rotatable bonds is 4. The summed E-state index contributed by atoms with van der Waals surface area (Å²) < 4.78 is 23.8. The Balaban J connectivity index is 3.05. The van der Waals surface area contributed by atoms with E-state index in [9.17, 15) is 18.0 Å². The van der Waals surface area contributed by atoms with Crippen LogP contribution in [0.15, 0.2) is 30.9 Å². The van der Waals surface area contributed by atoms with E-state index in [4.69, 9.17) is 0 Å². The largest absolute Gasteiger partial charge is 0.322 e. The number of amides is 2. The van der Waals surface area contributed by atoms with E-state index in [1.165, 1.54) is 12.1 Å². The molecule has 6 nitrogen and oxygen atoms in total. The van der Waals surface area contributed by atoms with Crippen molar-refractivity contribution in [3.05, 3.63) is 42.0 Å². The van der Waals surface area contributed by atoms with E-state index in [-0.39, 0.29) is 5.56 Å². The second-order valence-corrected chi connectivity index (χ2v) is 5.67. The lowest BCUT2D eigenvalue weighted by Crippen LogP contribution is -2.29. The fourth-order valence-corrected chi connectivity index (χ4v) is 1.76. The zero-order valence-electron chi connectivity index (χ0n) is 10.6. The first-order chi connectivity index (χ1) is 8.73. The predicted octanol–water partition coefficient (Wildman–Crippen LogP) is 0.809. The van der Waals surface area contributed by atoms with Crippen LogP contribution in [0.5, 0.6) is 0 Å². The zero-order chi connectivity index (χ0) is 14.6. The molecule has 102 valence electrons. The molecule has 1 aromatic rings. The first-order valence-electron chi connectivity index (χ1n) is 5.29. The van der Waals surface area contributed by atoms with Crippen molar-refractivity contribution in [1.29, 1.82) is 0 Å². The van der Waals surface area contributed by atoms with Crippen molar-refractivity contribution in [2.24, 2.45) is 0 Å². The molecule has 0 saturated carbocycles. The molecular formula is C12H14N2O4S. The Labute approximate surface area is 111 Å². The van der Waals surface area contributed by atoms with Gasteiger partial charge in [-0.2, -0.15) is 0 Å². The maximum atomic E-state index is 11.7. The first kappa shape index (κ1) is 14.9. The topological polar surface area (TPSA) is 92.3 Å². The van der Waals surface area contributed by atoms with Gasteiger partial charge in [-0.3, -0.25) is 9.59 Å². The summed E-state index contributed by atoms with van der Waals surface area (Å²) in [7, 11) is -3.63. The number of aryl methyl sites for hydroxylation is 1. The normalized spacial score (nSPS) is 10.6. The van der Waals surface area contributed by atoms with E-state index in [0.29, 0.717) is 5.69 Å². The molecular weight excluding hydrogens is 268 g/mol. The number of hydrogen-bond acceptors (Lipinski definition) is 4. The first-order valence-corrected chi connectivity index (χ1v) is 7.18. The van der Waals surface area contributed by atoms with Crippen molar-refractivity contribution in [2.45, 2.75) is 6.92 Å². The molecule has 0 radical (unpaired) electrons. The van der Waals surface area contributed by atoms with Crippen molar-refractivity contribution in [3.63, 3.8) is 0 Å². The lowest BCUT2D eigenvalue weighted by molar-refractivity contribution is -0.111. The summed E-state index contributed by atoms with van der Waals surface area (Å²) >= 11 is 0. The van der Waals surface area contributed by atoms with Crippen LogP contribution in [0.2, 0.25) is 0 Å². The Kier molecular flexibility index (Phi) is 4.44. The van der Waals surface area contributed by atoms with Crippen molar-refractivity contribution >= 4 is 27.5 Å². The number of benzene rings is 1. The summed E-state index contributed by atoms with van der Waals surface area (Å²) in [5.41, 5.74) is 1.30. The maximum Gasteiger partial charge on any atom is 0.264 e. The number of anilines is 1. The van der Waals surface area contributed by atoms with Crippen LogP contribution in [0.3, 0.4) is 0 Å². The Morgan fingerprint density at radius 1 is 1.32 bits per heavy atom. The number of carbonyl (C=O) groups is 2. The van der Waals surface area contributed by atoms with Crippen LogP contribution in [0.4, 0.5) is 5.69 Å². The smallest absolute Gasteiger partial charge is 0.264 e. The van der Waals surface area contributed by atoms with Gasteiger partial charge in [0.2, 0.25) is 15.9 Å². The Hall–Kier alpha value is -2.15. The summed E-state index contributed by atoms with van der Waals surface area (Å²) in [6, 6.07) is 4.48. The standard InChI is InChI=1S/C12H14N2O4S/c1-4-11(15)13-10-7-9(6-5-8(10)2)12(16)14-19(3,17)18/h4-7H,1H2,2-3H3,(H,13,15)(H,14,16). The van der Waals surface area contributed by atoms with Gasteiger partial charge < -0.3 is 5.32 Å². The van der Waals surface area contributed by atoms with Crippen LogP contribution >= 0.6 is 0 Å². The van der Waals surface area contributed by atoms with Gasteiger partial charge >= 0.3 is 0 Å². The molecule has 19 heavy (non-hydrogen) atoms. The highest BCUT2D eigenvalue weighted by Gasteiger charge is 2.12. The number of hydrogen-bond donors (Lipinski definition) is 2. The molecule has 0 spiro atoms. The number of carbonyl (C=O) groups excluding carboxylic acids is 2. The molecule has 0 aliphatic carbocycles. The highest BCUT2D eigenvalue weighted by atomic mass is 32.2. The van der Waals surface area contributed by atoms with Crippen LogP contribution in [0.25, 0.3) is 0 Å². The average molecular weight is 282 g/mol. The van der Waals surface area contributed by atoms with Crippen LogP contribution < -0.4 is 10.0 Å². The molecule has 0 aromatic heterocycles. The second-order valence-electron chi connectivity index (χ2n) is 3.93. The summed E-state index contributed by atoms with van der Waals surface area (Å²) in [5.74, 6) is -1.17. The third-order valence-electron chi connectivity index (χ3n) is 2.22. The molecule has 0 bridgehead atoms. The molecule has 0 unspecified atom stereocenters. The molecule has 1 aromatic carbocycles. The molecule has 0 saturated heterocycles. The van der Waals surface area contributed by atoms with Crippen molar-refractivity contribution in [1.82, 2.24) is 4.72 Å². The third kappa shape index (κ3) is 4.55. The number of nitrogens with one attached hydrogen (secondary N) is 2. The second kappa shape index (κ2) is 5.66. The van der Waals surface area contributed by atoms with Crippen LogP contribution in [0, 0.1) is 6.92 Å². The molecule has 2 amide bonds. The van der Waals surface area contributed by atoms with E-state index >= 15 is 0 Å². The van der Waals surface area contributed by atoms with Crippen LogP contribution in [-0.2, 0) is 14.8 Å². The fourth-order valence-electron chi connectivity index (χ4n) is 1.31. The quantitative estimate of drug-likeness (QED) is 0.799. The zero-order valence-corrected chi connectivity index (χ0v) is 11.4. The monoisotopic (exact) mass is 282 g/mol. The molecule has 1 rings (SSSR count). The molecule has 0 aliphatic heterocycles. The minimum absolute atomic E-state index is 0.135. The molecule has 0 fully saturated rings. The molecule has 0 heterocycles. The highest BCUT2D eigenvalue weighted by Crippen LogP contribution is 2.17. The maximum absolute atomic E-state index is 11.7. The number of sulfonamides is 1. The van der Waals surface area contributed by atoms with Crippen molar-refractivity contribution in [3.8, 4) is 0 Å². The molecule has 7 heteroatoms. The van der Waals surface area contributed by atoms with Crippen LogP contribution in [0.1, 0.15) is 15.9 Å². The van der Waals surface area contributed by atoms with E-state index < -0.39 is 21.8 Å². The van der Waals surface area contributed by atoms with E-state index in [2.05, 4.69) is 11.9 Å². The van der Waals surface area contributed by atoms with Gasteiger partial charge in [-0.05, 0) is 30.7 Å². The lowest BCUT2D eigenvalue weighted by atomic mass is 10.1. The SMILES string of the molecule is C=CC(=O)Nc1cc(C(=O)NS(C)(=O)=O)ccc1C. The Morgan fingerprint density at radius 2 is 1.95 bits per heavy atom. The van der Waals surface area contributed by atoms with Gasteiger partial charge in [0.05, 0.1) is 6.26 Å². The Bertz CT molecular complexity index is 635. The van der Waals surface area contributed by atoms with Gasteiger partial charge in [-0.25, -0.2) is 13.1 Å². The minimum Gasteiger partial charge on any atom is -0.322 e. The van der Waals surface area contributed by atoms with Gasteiger partial charge in [0.1, 0.15) is 0 Å². The minimum atomic E-state index is -3.63. The van der Waals surface area contributed by atoms with Gasteiger partial charge in [0, 0.05) is 11.3 Å². The van der Waals surface area contributed by atoms with E-state index in [1.54, 1.807) is 13.0 Å². The van der Waals surface area contributed by atoms with E-state index in [0.717, 1.165) is 17.9 Å². The molecule has 2 N–H and O–H groups in total. The summed E-state index contributed by atoms with van der Waals surface area (Å²) in [6.07, 6.45) is 1.99. The fraction of sp³-hybridized carbons (Fsp3) is 0.167. The van der Waals surface area contributed by atoms with E-state index in [1.807, 2.05) is 4.72 Å². The lowest BCUT2D eigenvalue weighted by Gasteiger charge is -2.09. The summed E-state index contributed by atoms with van der Waals surface area (Å²) in [6.45, 7) is 5.07. The van der Waals surface area contributed by atoms with Gasteiger partial charge in [0.25, 0.3) is 5.91 Å². The average Bonchev–Trinajstić information content (AvgIpc) is 2.29. The highest BCUT2D eigenvalue weighted by molar-refractivity contribution is 7.89. The van der Waals surface area contributed by atoms with Crippen molar-refractivity contribution in [2.75, 3.05) is 11.6 Å². The Morgan fingerprint density at radius 3 is 2.47 bits per heavy atom. The van der Waals surface area contributed by atoms with Gasteiger partial charge in [-0.1, -0.05) is 12.6 Å². The van der Waals surface area contributed by atoms with Gasteiger partial charge in [-0.15, -0.1) is 0 Å². The third-order valence-corrected chi connectivity index (χ3v) is 2.78. The molecule has 0 atom stereocenters. The van der Waals surface area contributed by atoms with Crippen molar-refractivity contribution < 1.29 is 18.0 Å². The van der Waals surface area contributed by atoms with Gasteiger partial charge in [0.15, 0.2) is 0 Å². The summed E-state index contributed by atoms with van der Waals surface area (Å²) in [5, 5.41) is 2.53. The summed E-state index contributed by atoms with van der Waals surface area (Å²) in [4.78, 5) is 22.9. The predicted molar refractivity (Wildman–Crippen MR) is 72.3 cm³/mol.